The second-order valence-corrected chi connectivity index (χ2v) is 7.41. The van der Waals surface area contributed by atoms with Crippen molar-refractivity contribution in [2.75, 3.05) is 25.0 Å². The Hall–Kier alpha value is -1.92. The Labute approximate surface area is 161 Å². The van der Waals surface area contributed by atoms with Crippen LogP contribution in [0.5, 0.6) is 0 Å². The van der Waals surface area contributed by atoms with Crippen molar-refractivity contribution >= 4 is 22.6 Å². The summed E-state index contributed by atoms with van der Waals surface area (Å²) in [6, 6.07) is 0. The molecule has 0 aromatic carbocycles. The zero-order valence-electron chi connectivity index (χ0n) is 16.4. The Bertz CT molecular complexity index is 733. The molecule has 1 aliphatic carbocycles. The van der Waals surface area contributed by atoms with E-state index in [-0.39, 0.29) is 6.10 Å². The number of rotatable bonds is 5. The molecule has 0 saturated heterocycles. The summed E-state index contributed by atoms with van der Waals surface area (Å²) in [6.45, 7) is 5.08. The minimum Gasteiger partial charge on any atom is -0.393 e. The summed E-state index contributed by atoms with van der Waals surface area (Å²) in [7, 11) is 0. The van der Waals surface area contributed by atoms with Gasteiger partial charge in [-0.25, -0.2) is 4.98 Å². The number of aliphatic hydroxyl groups is 1. The van der Waals surface area contributed by atoms with Crippen molar-refractivity contribution in [3.63, 3.8) is 0 Å². The van der Waals surface area contributed by atoms with Gasteiger partial charge in [-0.2, -0.15) is 4.98 Å². The average molecular weight is 372 g/mol. The largest absolute Gasteiger partial charge is 0.393 e. The molecule has 1 fully saturated rings. The van der Waals surface area contributed by atoms with Gasteiger partial charge in [-0.3, -0.25) is 0 Å². The molecule has 2 aliphatic rings. The molecule has 0 unspecified atom stereocenters. The van der Waals surface area contributed by atoms with Crippen LogP contribution in [0.25, 0.3) is 16.6 Å². The maximum Gasteiger partial charge on any atom is 0.224 e. The number of hydrogen-bond acceptors (Lipinski definition) is 5. The van der Waals surface area contributed by atoms with Gasteiger partial charge in [0.2, 0.25) is 5.95 Å². The van der Waals surface area contributed by atoms with Crippen LogP contribution in [0.3, 0.4) is 0 Å². The molecule has 3 heterocycles. The molecule has 0 radical (unpaired) electrons. The molecule has 148 valence electrons. The molecule has 2 aromatic heterocycles. The number of H-pyrrole nitrogens is 1. The first-order chi connectivity index (χ1) is 13.3. The lowest BCUT2D eigenvalue weighted by atomic mass is 9.98. The predicted molar refractivity (Wildman–Crippen MR) is 112 cm³/mol. The molecular formula is C21H33N5O. The summed E-state index contributed by atoms with van der Waals surface area (Å²) in [5.41, 5.74) is 3.53. The minimum absolute atomic E-state index is 0.0359. The van der Waals surface area contributed by atoms with E-state index in [1.54, 1.807) is 0 Å². The number of nitrogens with zero attached hydrogens (tertiary/aromatic N) is 2. The first-order valence-corrected chi connectivity index (χ1v) is 10.4. The van der Waals surface area contributed by atoms with Crippen LogP contribution >= 0.6 is 0 Å². The highest BCUT2D eigenvalue weighted by Gasteiger charge is 2.12. The fraction of sp³-hybridized carbons (Fsp3) is 0.619. The Kier molecular flexibility index (Phi) is 7.66. The molecule has 6 heteroatoms. The smallest absolute Gasteiger partial charge is 0.224 e. The Morgan fingerprint density at radius 3 is 2.78 bits per heavy atom. The van der Waals surface area contributed by atoms with E-state index in [0.717, 1.165) is 56.4 Å². The van der Waals surface area contributed by atoms with Gasteiger partial charge in [0.1, 0.15) is 5.65 Å². The van der Waals surface area contributed by atoms with Crippen LogP contribution in [0.4, 0.5) is 5.95 Å². The van der Waals surface area contributed by atoms with E-state index < -0.39 is 0 Å². The van der Waals surface area contributed by atoms with Gasteiger partial charge >= 0.3 is 0 Å². The van der Waals surface area contributed by atoms with Crippen LogP contribution in [-0.4, -0.2) is 45.8 Å². The Morgan fingerprint density at radius 1 is 1.26 bits per heavy atom. The van der Waals surface area contributed by atoms with Gasteiger partial charge in [0.15, 0.2) is 0 Å². The van der Waals surface area contributed by atoms with E-state index in [9.17, 15) is 0 Å². The van der Waals surface area contributed by atoms with Crippen molar-refractivity contribution in [2.45, 2.75) is 64.4 Å². The van der Waals surface area contributed by atoms with E-state index in [1.807, 2.05) is 12.4 Å². The van der Waals surface area contributed by atoms with Crippen LogP contribution < -0.4 is 10.6 Å². The molecule has 27 heavy (non-hydrogen) atoms. The lowest BCUT2D eigenvalue weighted by Gasteiger charge is -2.14. The zero-order valence-corrected chi connectivity index (χ0v) is 16.4. The maximum atomic E-state index is 8.91. The normalized spacial score (nSPS) is 17.9. The number of anilines is 1. The van der Waals surface area contributed by atoms with Gasteiger partial charge in [0.05, 0.1) is 6.10 Å². The summed E-state index contributed by atoms with van der Waals surface area (Å²) in [5, 5.41) is 16.6. The van der Waals surface area contributed by atoms with Crippen LogP contribution in [0.15, 0.2) is 18.5 Å². The van der Waals surface area contributed by atoms with Crippen molar-refractivity contribution in [2.24, 2.45) is 0 Å². The van der Waals surface area contributed by atoms with Gasteiger partial charge in [0.25, 0.3) is 0 Å². The molecule has 4 rings (SSSR count). The monoisotopic (exact) mass is 371 g/mol. The van der Waals surface area contributed by atoms with Gasteiger partial charge in [0, 0.05) is 36.4 Å². The van der Waals surface area contributed by atoms with Crippen molar-refractivity contribution in [3.8, 4) is 0 Å². The number of aromatic amines is 1. The van der Waals surface area contributed by atoms with Gasteiger partial charge in [-0.1, -0.05) is 38.7 Å². The molecule has 6 nitrogen and oxygen atoms in total. The Morgan fingerprint density at radius 2 is 2.11 bits per heavy atom. The van der Waals surface area contributed by atoms with Crippen LogP contribution in [0.2, 0.25) is 0 Å². The van der Waals surface area contributed by atoms with Crippen LogP contribution in [-0.2, 0) is 0 Å². The summed E-state index contributed by atoms with van der Waals surface area (Å²) < 4.78 is 0. The highest BCUT2D eigenvalue weighted by atomic mass is 16.3. The quantitative estimate of drug-likeness (QED) is 0.600. The van der Waals surface area contributed by atoms with Crippen molar-refractivity contribution in [1.29, 1.82) is 0 Å². The zero-order chi connectivity index (χ0) is 18.9. The van der Waals surface area contributed by atoms with Gasteiger partial charge in [-0.05, 0) is 37.8 Å². The molecule has 0 bridgehead atoms. The lowest BCUT2D eigenvalue weighted by Crippen LogP contribution is -2.19. The first-order valence-electron chi connectivity index (χ1n) is 10.4. The number of hydrogen-bond donors (Lipinski definition) is 4. The highest BCUT2D eigenvalue weighted by molar-refractivity contribution is 5.90. The molecular weight excluding hydrogens is 338 g/mol. The fourth-order valence-electron chi connectivity index (χ4n) is 3.58. The average Bonchev–Trinajstić information content (AvgIpc) is 3.13. The van der Waals surface area contributed by atoms with Gasteiger partial charge in [-0.15, -0.1) is 0 Å². The SMILES string of the molecule is CCCCNc1ncc2c(C3=CCNCC3)c[nH]c2n1.OC1CCCCC1. The summed E-state index contributed by atoms with van der Waals surface area (Å²) in [4.78, 5) is 12.2. The number of unbranched alkanes of at least 4 members (excludes halogenated alkanes) is 1. The Balaban J connectivity index is 0.000000253. The van der Waals surface area contributed by atoms with E-state index in [4.69, 9.17) is 5.11 Å². The van der Waals surface area contributed by atoms with E-state index >= 15 is 0 Å². The molecule has 1 aliphatic heterocycles. The number of fused-ring (bicyclic) bond motifs is 1. The number of aromatic nitrogens is 3. The number of aliphatic hydroxyl groups excluding tert-OH is 1. The molecule has 0 amide bonds. The predicted octanol–water partition coefficient (Wildman–Crippen LogP) is 3.86. The third kappa shape index (κ3) is 5.78. The summed E-state index contributed by atoms with van der Waals surface area (Å²) >= 11 is 0. The minimum atomic E-state index is 0.0359. The second kappa shape index (κ2) is 10.4. The van der Waals surface area contributed by atoms with Crippen molar-refractivity contribution < 1.29 is 5.11 Å². The van der Waals surface area contributed by atoms with Crippen LogP contribution in [0, 0.1) is 0 Å². The fourth-order valence-corrected chi connectivity index (χ4v) is 3.58. The first kappa shape index (κ1) is 19.8. The molecule has 4 N–H and O–H groups in total. The van der Waals surface area contributed by atoms with E-state index in [1.165, 1.54) is 36.8 Å². The summed E-state index contributed by atoms with van der Waals surface area (Å²) in [5.74, 6) is 0.707. The van der Waals surface area contributed by atoms with Crippen molar-refractivity contribution in [1.82, 2.24) is 20.3 Å². The van der Waals surface area contributed by atoms with E-state index in [0.29, 0.717) is 5.95 Å². The lowest BCUT2D eigenvalue weighted by molar-refractivity contribution is 0.130. The van der Waals surface area contributed by atoms with Crippen molar-refractivity contribution in [3.05, 3.63) is 24.0 Å². The molecule has 0 spiro atoms. The molecule has 2 aromatic rings. The second-order valence-electron chi connectivity index (χ2n) is 7.41. The molecule has 0 atom stereocenters. The summed E-state index contributed by atoms with van der Waals surface area (Å²) in [6.07, 6.45) is 15.5. The maximum absolute atomic E-state index is 8.91. The van der Waals surface area contributed by atoms with Crippen LogP contribution in [0.1, 0.15) is 63.9 Å². The third-order valence-corrected chi connectivity index (χ3v) is 5.23. The number of nitrogens with one attached hydrogen (secondary N) is 3. The topological polar surface area (TPSA) is 85.9 Å². The van der Waals surface area contributed by atoms with Gasteiger partial charge < -0.3 is 20.7 Å². The third-order valence-electron chi connectivity index (χ3n) is 5.23. The molecule has 1 saturated carbocycles. The highest BCUT2D eigenvalue weighted by Crippen LogP contribution is 2.27. The van der Waals surface area contributed by atoms with E-state index in [2.05, 4.69) is 38.6 Å². The standard InChI is InChI=1S/C15H21N5.C6H12O/c1-2-3-6-17-15-19-10-13-12(9-18-14(13)20-15)11-4-7-16-8-5-11;7-6-4-2-1-3-5-6/h4,9-10,16H,2-3,5-8H2,1H3,(H2,17,18,19,20);6-7H,1-5H2.